The van der Waals surface area contributed by atoms with Gasteiger partial charge in [0.2, 0.25) is 0 Å². The highest BCUT2D eigenvalue weighted by Crippen LogP contribution is 2.17. The molecule has 0 radical (unpaired) electrons. The van der Waals surface area contributed by atoms with Crippen molar-refractivity contribution in [2.24, 2.45) is 0 Å². The van der Waals surface area contributed by atoms with Crippen LogP contribution < -0.4 is 15.1 Å². The largest absolute Gasteiger partial charge is 0.378 e. The molecule has 2 aromatic rings. The quantitative estimate of drug-likeness (QED) is 0.920. The molecule has 0 atom stereocenters. The summed E-state index contributed by atoms with van der Waals surface area (Å²) in [5.41, 5.74) is 2.16. The summed E-state index contributed by atoms with van der Waals surface area (Å²) < 4.78 is 5.34. The average molecular weight is 327 g/mol. The third kappa shape index (κ3) is 3.80. The Kier molecular flexibility index (Phi) is 4.90. The van der Waals surface area contributed by atoms with Gasteiger partial charge in [0.15, 0.2) is 0 Å². The Bertz CT molecular complexity index is 696. The van der Waals surface area contributed by atoms with Crippen molar-refractivity contribution in [2.75, 3.05) is 55.5 Å². The van der Waals surface area contributed by atoms with Gasteiger partial charge in [-0.05, 0) is 24.3 Å². The van der Waals surface area contributed by atoms with Gasteiger partial charge in [-0.1, -0.05) is 0 Å². The lowest BCUT2D eigenvalue weighted by Crippen LogP contribution is -2.37. The van der Waals surface area contributed by atoms with Gasteiger partial charge >= 0.3 is 0 Å². The fourth-order valence-corrected chi connectivity index (χ4v) is 2.47. The summed E-state index contributed by atoms with van der Waals surface area (Å²) in [7, 11) is 3.95. The minimum Gasteiger partial charge on any atom is -0.378 e. The molecule has 0 saturated carbocycles. The number of benzene rings is 1. The summed E-state index contributed by atoms with van der Waals surface area (Å²) in [4.78, 5) is 24.9. The van der Waals surface area contributed by atoms with Gasteiger partial charge in [0.25, 0.3) is 5.91 Å². The molecule has 1 aliphatic heterocycles. The van der Waals surface area contributed by atoms with Gasteiger partial charge in [-0.25, -0.2) is 9.97 Å². The number of rotatable bonds is 4. The van der Waals surface area contributed by atoms with E-state index >= 15 is 0 Å². The lowest BCUT2D eigenvalue weighted by molar-refractivity contribution is 0.102. The second-order valence-electron chi connectivity index (χ2n) is 5.76. The van der Waals surface area contributed by atoms with Crippen molar-refractivity contribution in [3.63, 3.8) is 0 Å². The van der Waals surface area contributed by atoms with Crippen LogP contribution in [0.5, 0.6) is 0 Å². The van der Waals surface area contributed by atoms with Gasteiger partial charge in [-0.3, -0.25) is 4.79 Å². The highest BCUT2D eigenvalue weighted by Gasteiger charge is 2.15. The van der Waals surface area contributed by atoms with Gasteiger partial charge in [-0.15, -0.1) is 0 Å². The van der Waals surface area contributed by atoms with Crippen molar-refractivity contribution < 1.29 is 9.53 Å². The van der Waals surface area contributed by atoms with Crippen LogP contribution in [-0.4, -0.2) is 56.3 Å². The molecule has 1 fully saturated rings. The van der Waals surface area contributed by atoms with E-state index in [1.165, 1.54) is 6.33 Å². The molecular weight excluding hydrogens is 306 g/mol. The molecule has 2 heterocycles. The Hall–Kier alpha value is -2.67. The van der Waals surface area contributed by atoms with Crippen molar-refractivity contribution in [3.05, 3.63) is 42.4 Å². The first-order valence-corrected chi connectivity index (χ1v) is 7.87. The fraction of sp³-hybridized carbons (Fsp3) is 0.353. The van der Waals surface area contributed by atoms with Crippen LogP contribution in [0.2, 0.25) is 0 Å². The molecule has 3 rings (SSSR count). The molecule has 1 aliphatic rings. The molecule has 126 valence electrons. The number of ether oxygens (including phenoxy) is 1. The summed E-state index contributed by atoms with van der Waals surface area (Å²) >= 11 is 0. The number of nitrogens with one attached hydrogen (secondary N) is 1. The number of amides is 1. The molecular formula is C17H21N5O2. The van der Waals surface area contributed by atoms with E-state index in [1.807, 2.05) is 43.3 Å². The predicted molar refractivity (Wildman–Crippen MR) is 93.8 cm³/mol. The molecule has 1 aromatic carbocycles. The van der Waals surface area contributed by atoms with Crippen LogP contribution in [-0.2, 0) is 4.74 Å². The first-order valence-electron chi connectivity index (χ1n) is 7.87. The lowest BCUT2D eigenvalue weighted by atomic mass is 10.2. The highest BCUT2D eigenvalue weighted by molar-refractivity contribution is 6.03. The Balaban J connectivity index is 1.70. The van der Waals surface area contributed by atoms with Crippen LogP contribution in [0.4, 0.5) is 17.2 Å². The predicted octanol–water partition coefficient (Wildman–Crippen LogP) is 1.63. The molecule has 0 aliphatic carbocycles. The van der Waals surface area contributed by atoms with Gasteiger partial charge in [0.1, 0.15) is 17.8 Å². The van der Waals surface area contributed by atoms with E-state index in [4.69, 9.17) is 4.74 Å². The Morgan fingerprint density at radius 3 is 2.54 bits per heavy atom. The number of morpholine rings is 1. The molecule has 0 bridgehead atoms. The summed E-state index contributed by atoms with van der Waals surface area (Å²) in [5, 5.41) is 2.86. The number of aromatic nitrogens is 2. The number of nitrogens with zero attached hydrogens (tertiary/aromatic N) is 4. The molecule has 1 saturated heterocycles. The topological polar surface area (TPSA) is 70.6 Å². The van der Waals surface area contributed by atoms with E-state index < -0.39 is 0 Å². The summed E-state index contributed by atoms with van der Waals surface area (Å²) in [6.45, 7) is 2.88. The van der Waals surface area contributed by atoms with E-state index in [1.54, 1.807) is 6.07 Å². The zero-order valence-corrected chi connectivity index (χ0v) is 13.9. The first-order chi connectivity index (χ1) is 11.6. The van der Waals surface area contributed by atoms with E-state index in [0.717, 1.165) is 30.3 Å². The Morgan fingerprint density at radius 2 is 1.88 bits per heavy atom. The monoisotopic (exact) mass is 327 g/mol. The maximum absolute atomic E-state index is 12.4. The minimum absolute atomic E-state index is 0.246. The van der Waals surface area contributed by atoms with Crippen LogP contribution in [0.1, 0.15) is 10.5 Å². The number of hydrogen-bond acceptors (Lipinski definition) is 6. The van der Waals surface area contributed by atoms with E-state index in [2.05, 4.69) is 20.2 Å². The van der Waals surface area contributed by atoms with Gasteiger partial charge in [0, 0.05) is 44.6 Å². The molecule has 0 spiro atoms. The van der Waals surface area contributed by atoms with Crippen LogP contribution in [0.3, 0.4) is 0 Å². The Morgan fingerprint density at radius 1 is 1.17 bits per heavy atom. The maximum Gasteiger partial charge on any atom is 0.274 e. The molecule has 7 heteroatoms. The lowest BCUT2D eigenvalue weighted by Gasteiger charge is -2.27. The standard InChI is InChI=1S/C17H21N5O2/c1-21(2)14-5-3-13(4-6-14)20-17(23)15-11-16(19-12-18-15)22-7-9-24-10-8-22/h3-6,11-12H,7-10H2,1-2H3,(H,20,23). The van der Waals surface area contributed by atoms with Crippen LogP contribution >= 0.6 is 0 Å². The summed E-state index contributed by atoms with van der Waals surface area (Å²) in [6.07, 6.45) is 1.43. The maximum atomic E-state index is 12.4. The molecule has 1 amide bonds. The summed E-state index contributed by atoms with van der Waals surface area (Å²) in [5.74, 6) is 0.505. The van der Waals surface area contributed by atoms with Gasteiger partial charge in [-0.2, -0.15) is 0 Å². The van der Waals surface area contributed by atoms with Gasteiger partial charge in [0.05, 0.1) is 13.2 Å². The van der Waals surface area contributed by atoms with E-state index in [9.17, 15) is 4.79 Å². The smallest absolute Gasteiger partial charge is 0.274 e. The minimum atomic E-state index is -0.246. The molecule has 1 aromatic heterocycles. The average Bonchev–Trinajstić information content (AvgIpc) is 2.63. The second-order valence-corrected chi connectivity index (χ2v) is 5.76. The van der Waals surface area contributed by atoms with Crippen LogP contribution in [0, 0.1) is 0 Å². The van der Waals surface area contributed by atoms with Crippen molar-refractivity contribution in [1.29, 1.82) is 0 Å². The highest BCUT2D eigenvalue weighted by atomic mass is 16.5. The fourth-order valence-electron chi connectivity index (χ4n) is 2.47. The SMILES string of the molecule is CN(C)c1ccc(NC(=O)c2cc(N3CCOCC3)ncn2)cc1. The van der Waals surface area contributed by atoms with Gasteiger partial charge < -0.3 is 19.9 Å². The number of carbonyl (C=O) groups excluding carboxylic acids is 1. The molecule has 1 N–H and O–H groups in total. The number of anilines is 3. The van der Waals surface area contributed by atoms with E-state index in [-0.39, 0.29) is 5.91 Å². The summed E-state index contributed by atoms with van der Waals surface area (Å²) in [6, 6.07) is 9.37. The van der Waals surface area contributed by atoms with Crippen molar-refractivity contribution >= 4 is 23.1 Å². The number of carbonyl (C=O) groups is 1. The third-order valence-corrected chi connectivity index (χ3v) is 3.86. The molecule has 24 heavy (non-hydrogen) atoms. The Labute approximate surface area is 141 Å². The van der Waals surface area contributed by atoms with Crippen LogP contribution in [0.15, 0.2) is 36.7 Å². The van der Waals surface area contributed by atoms with Crippen molar-refractivity contribution in [2.45, 2.75) is 0 Å². The number of hydrogen-bond donors (Lipinski definition) is 1. The zero-order valence-electron chi connectivity index (χ0n) is 13.9. The van der Waals surface area contributed by atoms with Crippen molar-refractivity contribution in [1.82, 2.24) is 9.97 Å². The third-order valence-electron chi connectivity index (χ3n) is 3.86. The molecule has 0 unspecified atom stereocenters. The first kappa shape index (κ1) is 16.2. The van der Waals surface area contributed by atoms with E-state index in [0.29, 0.717) is 18.9 Å². The van der Waals surface area contributed by atoms with Crippen LogP contribution in [0.25, 0.3) is 0 Å². The zero-order chi connectivity index (χ0) is 16.9. The normalized spacial score (nSPS) is 14.3. The molecule has 7 nitrogen and oxygen atoms in total. The second kappa shape index (κ2) is 7.27. The van der Waals surface area contributed by atoms with Crippen molar-refractivity contribution in [3.8, 4) is 0 Å².